The molecule has 0 bridgehead atoms. The van der Waals surface area contributed by atoms with Gasteiger partial charge in [-0.2, -0.15) is 18.3 Å². The summed E-state index contributed by atoms with van der Waals surface area (Å²) in [7, 11) is 0. The molecule has 0 unspecified atom stereocenters. The molecule has 0 aliphatic heterocycles. The van der Waals surface area contributed by atoms with E-state index in [1.54, 1.807) is 26.1 Å². The van der Waals surface area contributed by atoms with Gasteiger partial charge in [0, 0.05) is 19.3 Å². The predicted molar refractivity (Wildman–Crippen MR) is 91.7 cm³/mol. The highest BCUT2D eigenvalue weighted by Crippen LogP contribution is 2.30. The summed E-state index contributed by atoms with van der Waals surface area (Å²) in [6.45, 7) is 5.77. The molecule has 0 saturated heterocycles. The van der Waals surface area contributed by atoms with Crippen LogP contribution in [-0.4, -0.2) is 31.3 Å². The van der Waals surface area contributed by atoms with E-state index in [-0.39, 0.29) is 12.5 Å². The number of pyridine rings is 1. The zero-order valence-corrected chi connectivity index (χ0v) is 14.7. The van der Waals surface area contributed by atoms with Crippen LogP contribution in [0.3, 0.4) is 0 Å². The van der Waals surface area contributed by atoms with Crippen LogP contribution < -0.4 is 5.32 Å². The topological polar surface area (TPSA) is 68.5 Å². The Morgan fingerprint density at radius 2 is 2.00 bits per heavy atom. The second-order valence-electron chi connectivity index (χ2n) is 6.33. The molecule has 0 radical (unpaired) electrons. The van der Waals surface area contributed by atoms with Gasteiger partial charge in [0.25, 0.3) is 0 Å². The van der Waals surface area contributed by atoms with Crippen molar-refractivity contribution >= 4 is 16.9 Å². The summed E-state index contributed by atoms with van der Waals surface area (Å²) < 4.78 is 40.3. The van der Waals surface area contributed by atoms with Gasteiger partial charge in [0.15, 0.2) is 5.65 Å². The maximum absolute atomic E-state index is 13.1. The standard InChI is InChI=1S/C17H19F3N6/c1-10(9-26-14(17(18,19)20)7-11(2)25-26)8-22-16-13-5-4-6-21-15(13)23-12(3)24-16/h4-7,10H,8-9H2,1-3H3,(H,21,22,23,24)/t10-/m1/s1. The van der Waals surface area contributed by atoms with E-state index in [1.807, 2.05) is 13.0 Å². The van der Waals surface area contributed by atoms with Gasteiger partial charge in [0.1, 0.15) is 17.3 Å². The molecule has 3 aromatic rings. The van der Waals surface area contributed by atoms with E-state index in [4.69, 9.17) is 0 Å². The summed E-state index contributed by atoms with van der Waals surface area (Å²) >= 11 is 0. The first-order valence-electron chi connectivity index (χ1n) is 8.19. The quantitative estimate of drug-likeness (QED) is 0.749. The molecule has 0 aromatic carbocycles. The van der Waals surface area contributed by atoms with Crippen LogP contribution >= 0.6 is 0 Å². The van der Waals surface area contributed by atoms with E-state index in [2.05, 4.69) is 25.4 Å². The summed E-state index contributed by atoms with van der Waals surface area (Å²) in [5.74, 6) is 1.10. The first-order chi connectivity index (χ1) is 12.2. The summed E-state index contributed by atoms with van der Waals surface area (Å²) in [6, 6.07) is 4.71. The number of alkyl halides is 3. The van der Waals surface area contributed by atoms with Crippen LogP contribution in [-0.2, 0) is 12.7 Å². The largest absolute Gasteiger partial charge is 0.433 e. The van der Waals surface area contributed by atoms with Crippen LogP contribution in [0.2, 0.25) is 0 Å². The highest BCUT2D eigenvalue weighted by atomic mass is 19.4. The van der Waals surface area contributed by atoms with E-state index in [1.165, 1.54) is 0 Å². The molecule has 0 amide bonds. The number of hydrogen-bond donors (Lipinski definition) is 1. The highest BCUT2D eigenvalue weighted by molar-refractivity contribution is 5.86. The van der Waals surface area contributed by atoms with E-state index >= 15 is 0 Å². The second kappa shape index (κ2) is 6.89. The van der Waals surface area contributed by atoms with Crippen LogP contribution in [0, 0.1) is 19.8 Å². The number of anilines is 1. The van der Waals surface area contributed by atoms with Crippen LogP contribution in [0.25, 0.3) is 11.0 Å². The number of hydrogen-bond acceptors (Lipinski definition) is 5. The molecule has 6 nitrogen and oxygen atoms in total. The number of nitrogens with one attached hydrogen (secondary N) is 1. The van der Waals surface area contributed by atoms with Crippen LogP contribution in [0.4, 0.5) is 19.0 Å². The molecule has 138 valence electrons. The molecule has 0 fully saturated rings. The second-order valence-corrected chi connectivity index (χ2v) is 6.33. The molecule has 0 aliphatic carbocycles. The van der Waals surface area contributed by atoms with Crippen LogP contribution in [0.5, 0.6) is 0 Å². The minimum Gasteiger partial charge on any atom is -0.369 e. The lowest BCUT2D eigenvalue weighted by Gasteiger charge is -2.17. The zero-order chi connectivity index (χ0) is 18.9. The average Bonchev–Trinajstić information content (AvgIpc) is 2.93. The van der Waals surface area contributed by atoms with Crippen molar-refractivity contribution in [3.63, 3.8) is 0 Å². The summed E-state index contributed by atoms with van der Waals surface area (Å²) in [5, 5.41) is 7.94. The van der Waals surface area contributed by atoms with Crippen molar-refractivity contribution in [3.05, 3.63) is 41.6 Å². The highest BCUT2D eigenvalue weighted by Gasteiger charge is 2.35. The molecular formula is C17H19F3N6. The number of halogens is 3. The molecular weight excluding hydrogens is 345 g/mol. The van der Waals surface area contributed by atoms with Gasteiger partial charge in [-0.15, -0.1) is 0 Å². The van der Waals surface area contributed by atoms with E-state index in [0.717, 1.165) is 16.1 Å². The number of rotatable bonds is 5. The van der Waals surface area contributed by atoms with Crippen molar-refractivity contribution in [1.82, 2.24) is 24.7 Å². The number of fused-ring (bicyclic) bond motifs is 1. The molecule has 1 atom stereocenters. The molecule has 9 heteroatoms. The maximum atomic E-state index is 13.1. The molecule has 3 rings (SSSR count). The average molecular weight is 364 g/mol. The number of nitrogens with zero attached hydrogens (tertiary/aromatic N) is 5. The molecule has 0 saturated carbocycles. The molecule has 3 aromatic heterocycles. The van der Waals surface area contributed by atoms with Crippen molar-refractivity contribution in [2.75, 3.05) is 11.9 Å². The minimum absolute atomic E-state index is 0.0996. The Morgan fingerprint density at radius 3 is 2.73 bits per heavy atom. The SMILES string of the molecule is Cc1cc(C(F)(F)F)n(C[C@H](C)CNc2nc(C)nc3ncccc23)n1. The Bertz CT molecular complexity index is 918. The third-order valence-electron chi connectivity index (χ3n) is 3.88. The van der Waals surface area contributed by atoms with E-state index in [9.17, 15) is 13.2 Å². The molecule has 26 heavy (non-hydrogen) atoms. The monoisotopic (exact) mass is 364 g/mol. The lowest BCUT2D eigenvalue weighted by molar-refractivity contribution is -0.144. The fraction of sp³-hybridized carbons (Fsp3) is 0.412. The normalized spacial score (nSPS) is 13.2. The van der Waals surface area contributed by atoms with Crippen LogP contribution in [0.15, 0.2) is 24.4 Å². The smallest absolute Gasteiger partial charge is 0.369 e. The Hall–Kier alpha value is -2.71. The fourth-order valence-corrected chi connectivity index (χ4v) is 2.75. The van der Waals surface area contributed by atoms with Crippen LogP contribution in [0.1, 0.15) is 24.1 Å². The first kappa shape index (κ1) is 18.1. The van der Waals surface area contributed by atoms with Crippen molar-refractivity contribution in [2.24, 2.45) is 5.92 Å². The Morgan fingerprint density at radius 1 is 1.23 bits per heavy atom. The Labute approximate surface area is 148 Å². The van der Waals surface area contributed by atoms with E-state index < -0.39 is 11.9 Å². The minimum atomic E-state index is -4.42. The Kier molecular flexibility index (Phi) is 4.80. The maximum Gasteiger partial charge on any atom is 0.433 e. The van der Waals surface area contributed by atoms with Crippen molar-refractivity contribution in [1.29, 1.82) is 0 Å². The fourth-order valence-electron chi connectivity index (χ4n) is 2.75. The van der Waals surface area contributed by atoms with Crippen molar-refractivity contribution in [2.45, 2.75) is 33.5 Å². The molecule has 3 heterocycles. The van der Waals surface area contributed by atoms with Crippen molar-refractivity contribution in [3.8, 4) is 0 Å². The summed E-state index contributed by atoms with van der Waals surface area (Å²) in [4.78, 5) is 12.9. The van der Waals surface area contributed by atoms with Gasteiger partial charge in [-0.25, -0.2) is 15.0 Å². The lowest BCUT2D eigenvalue weighted by atomic mass is 10.1. The van der Waals surface area contributed by atoms with Gasteiger partial charge in [-0.1, -0.05) is 6.92 Å². The van der Waals surface area contributed by atoms with Gasteiger partial charge in [0.2, 0.25) is 0 Å². The molecule has 0 spiro atoms. The van der Waals surface area contributed by atoms with Gasteiger partial charge >= 0.3 is 6.18 Å². The molecule has 1 N–H and O–H groups in total. The molecule has 0 aliphatic rings. The van der Waals surface area contributed by atoms with Crippen molar-refractivity contribution < 1.29 is 13.2 Å². The first-order valence-corrected chi connectivity index (χ1v) is 8.19. The third kappa shape index (κ3) is 3.92. The summed E-state index contributed by atoms with van der Waals surface area (Å²) in [5.41, 5.74) is 0.201. The van der Waals surface area contributed by atoms with Gasteiger partial charge in [-0.3, -0.25) is 4.68 Å². The number of aryl methyl sites for hydroxylation is 2. The van der Waals surface area contributed by atoms with E-state index in [0.29, 0.717) is 29.5 Å². The zero-order valence-electron chi connectivity index (χ0n) is 14.7. The Balaban J connectivity index is 1.74. The van der Waals surface area contributed by atoms with Gasteiger partial charge < -0.3 is 5.32 Å². The summed E-state index contributed by atoms with van der Waals surface area (Å²) in [6.07, 6.45) is -2.76. The van der Waals surface area contributed by atoms with Gasteiger partial charge in [0.05, 0.1) is 11.1 Å². The lowest BCUT2D eigenvalue weighted by Crippen LogP contribution is -2.22. The number of aromatic nitrogens is 5. The predicted octanol–water partition coefficient (Wildman–Crippen LogP) is 3.61. The van der Waals surface area contributed by atoms with Gasteiger partial charge in [-0.05, 0) is 38.0 Å². The third-order valence-corrected chi connectivity index (χ3v) is 3.88.